The Bertz CT molecular complexity index is 339. The van der Waals surface area contributed by atoms with Crippen molar-refractivity contribution in [3.63, 3.8) is 0 Å². The van der Waals surface area contributed by atoms with Crippen molar-refractivity contribution in [2.45, 2.75) is 39.0 Å². The summed E-state index contributed by atoms with van der Waals surface area (Å²) in [6, 6.07) is 2.09. The van der Waals surface area contributed by atoms with Crippen LogP contribution in [0.25, 0.3) is 0 Å². The molecule has 1 aliphatic rings. The lowest BCUT2D eigenvalue weighted by molar-refractivity contribution is 0.443. The van der Waals surface area contributed by atoms with E-state index in [1.807, 2.05) is 0 Å². The Labute approximate surface area is 116 Å². The number of hydrogen-bond acceptors (Lipinski definition) is 3. The fraction of sp³-hybridized carbons (Fsp3) is 0.667. The van der Waals surface area contributed by atoms with Crippen molar-refractivity contribution in [2.24, 2.45) is 0 Å². The summed E-state index contributed by atoms with van der Waals surface area (Å²) in [7, 11) is 0. The second-order valence-corrected chi connectivity index (χ2v) is 4.24. The number of rotatable bonds is 2. The molecule has 17 heavy (non-hydrogen) atoms. The largest absolute Gasteiger partial charge is 0.317 e. The van der Waals surface area contributed by atoms with E-state index in [0.29, 0.717) is 5.92 Å². The minimum absolute atomic E-state index is 0. The molecule has 1 aromatic rings. The second-order valence-electron chi connectivity index (χ2n) is 4.24. The molecule has 5 heteroatoms. The maximum absolute atomic E-state index is 4.64. The number of aromatic nitrogens is 2. The van der Waals surface area contributed by atoms with Gasteiger partial charge in [0.2, 0.25) is 0 Å². The van der Waals surface area contributed by atoms with E-state index in [4.69, 9.17) is 0 Å². The van der Waals surface area contributed by atoms with Gasteiger partial charge in [0.25, 0.3) is 0 Å². The van der Waals surface area contributed by atoms with E-state index in [0.717, 1.165) is 31.0 Å². The zero-order chi connectivity index (χ0) is 10.7. The average Bonchev–Trinajstić information content (AvgIpc) is 2.29. The highest BCUT2D eigenvalue weighted by atomic mass is 35.5. The fourth-order valence-corrected chi connectivity index (χ4v) is 2.10. The van der Waals surface area contributed by atoms with Gasteiger partial charge in [0, 0.05) is 17.3 Å². The van der Waals surface area contributed by atoms with Gasteiger partial charge >= 0.3 is 0 Å². The van der Waals surface area contributed by atoms with Crippen molar-refractivity contribution in [2.75, 3.05) is 13.1 Å². The molecule has 0 saturated carbocycles. The van der Waals surface area contributed by atoms with Crippen LogP contribution in [0.15, 0.2) is 6.07 Å². The van der Waals surface area contributed by atoms with Crippen LogP contribution in [0.3, 0.4) is 0 Å². The molecular weight excluding hydrogens is 257 g/mol. The van der Waals surface area contributed by atoms with E-state index < -0.39 is 0 Å². The van der Waals surface area contributed by atoms with E-state index in [1.165, 1.54) is 18.5 Å². The summed E-state index contributed by atoms with van der Waals surface area (Å²) in [6.07, 6.45) is 3.35. The van der Waals surface area contributed by atoms with Crippen LogP contribution >= 0.6 is 24.8 Å². The fourth-order valence-electron chi connectivity index (χ4n) is 2.10. The maximum Gasteiger partial charge on any atom is 0.132 e. The SMILES string of the molecule is CCc1cc(C)nc(C2CCNCC2)n1.Cl.Cl. The van der Waals surface area contributed by atoms with Crippen LogP contribution in [0.4, 0.5) is 0 Å². The number of hydrogen-bond donors (Lipinski definition) is 1. The van der Waals surface area contributed by atoms with E-state index >= 15 is 0 Å². The summed E-state index contributed by atoms with van der Waals surface area (Å²) in [4.78, 5) is 9.20. The third-order valence-electron chi connectivity index (χ3n) is 2.99. The lowest BCUT2D eigenvalue weighted by atomic mass is 9.97. The molecule has 1 saturated heterocycles. The molecule has 1 aromatic heterocycles. The Balaban J connectivity index is 0.00000128. The molecule has 1 N–H and O–H groups in total. The molecule has 0 aromatic carbocycles. The number of nitrogens with one attached hydrogen (secondary N) is 1. The molecule has 98 valence electrons. The molecule has 0 unspecified atom stereocenters. The summed E-state index contributed by atoms with van der Waals surface area (Å²) in [6.45, 7) is 6.41. The quantitative estimate of drug-likeness (QED) is 0.903. The molecule has 0 radical (unpaired) electrons. The molecule has 0 amide bonds. The lowest BCUT2D eigenvalue weighted by Gasteiger charge is -2.21. The molecule has 0 spiro atoms. The minimum Gasteiger partial charge on any atom is -0.317 e. The number of piperidine rings is 1. The molecule has 2 rings (SSSR count). The Kier molecular flexibility index (Phi) is 7.68. The highest BCUT2D eigenvalue weighted by molar-refractivity contribution is 5.85. The smallest absolute Gasteiger partial charge is 0.132 e. The van der Waals surface area contributed by atoms with Crippen LogP contribution in [-0.4, -0.2) is 23.1 Å². The van der Waals surface area contributed by atoms with E-state index in [2.05, 4.69) is 35.2 Å². The van der Waals surface area contributed by atoms with Crippen molar-refractivity contribution in [1.82, 2.24) is 15.3 Å². The predicted molar refractivity (Wildman–Crippen MR) is 75.5 cm³/mol. The second kappa shape index (κ2) is 7.85. The van der Waals surface area contributed by atoms with Gasteiger partial charge in [0.1, 0.15) is 5.82 Å². The van der Waals surface area contributed by atoms with Gasteiger partial charge in [0.05, 0.1) is 0 Å². The van der Waals surface area contributed by atoms with Gasteiger partial charge in [-0.3, -0.25) is 0 Å². The van der Waals surface area contributed by atoms with Crippen molar-refractivity contribution in [3.8, 4) is 0 Å². The van der Waals surface area contributed by atoms with E-state index in [1.54, 1.807) is 0 Å². The van der Waals surface area contributed by atoms with Crippen molar-refractivity contribution in [3.05, 3.63) is 23.3 Å². The summed E-state index contributed by atoms with van der Waals surface area (Å²) >= 11 is 0. The van der Waals surface area contributed by atoms with Crippen LogP contribution in [-0.2, 0) is 6.42 Å². The maximum atomic E-state index is 4.64. The zero-order valence-electron chi connectivity index (χ0n) is 10.4. The van der Waals surface area contributed by atoms with Gasteiger partial charge < -0.3 is 5.32 Å². The Morgan fingerprint density at radius 3 is 2.47 bits per heavy atom. The van der Waals surface area contributed by atoms with Crippen LogP contribution < -0.4 is 5.32 Å². The molecule has 2 heterocycles. The monoisotopic (exact) mass is 277 g/mol. The highest BCUT2D eigenvalue weighted by Crippen LogP contribution is 2.22. The summed E-state index contributed by atoms with van der Waals surface area (Å²) < 4.78 is 0. The van der Waals surface area contributed by atoms with Crippen molar-refractivity contribution >= 4 is 24.8 Å². The zero-order valence-corrected chi connectivity index (χ0v) is 12.0. The third kappa shape index (κ3) is 4.41. The normalized spacial score (nSPS) is 15.9. The first kappa shape index (κ1) is 16.6. The number of aryl methyl sites for hydroxylation is 2. The van der Waals surface area contributed by atoms with Gasteiger partial charge in [0.15, 0.2) is 0 Å². The first-order valence-electron chi connectivity index (χ1n) is 5.84. The molecular formula is C12H21Cl2N3. The van der Waals surface area contributed by atoms with Crippen molar-refractivity contribution in [1.29, 1.82) is 0 Å². The Hall–Kier alpha value is -0.380. The summed E-state index contributed by atoms with van der Waals surface area (Å²) in [5.41, 5.74) is 2.28. The standard InChI is InChI=1S/C12H19N3.2ClH/c1-3-11-8-9(2)14-12(15-11)10-4-6-13-7-5-10;;/h8,10,13H,3-7H2,1-2H3;2*1H. The first-order valence-corrected chi connectivity index (χ1v) is 5.84. The van der Waals surface area contributed by atoms with E-state index in [9.17, 15) is 0 Å². The van der Waals surface area contributed by atoms with Crippen LogP contribution in [0.2, 0.25) is 0 Å². The topological polar surface area (TPSA) is 37.8 Å². The molecule has 1 fully saturated rings. The van der Waals surface area contributed by atoms with Gasteiger partial charge in [-0.15, -0.1) is 24.8 Å². The molecule has 0 aliphatic carbocycles. The molecule has 0 atom stereocenters. The average molecular weight is 278 g/mol. The van der Waals surface area contributed by atoms with Gasteiger partial charge in [-0.05, 0) is 45.3 Å². The van der Waals surface area contributed by atoms with Crippen molar-refractivity contribution < 1.29 is 0 Å². The number of halogens is 2. The summed E-state index contributed by atoms with van der Waals surface area (Å²) in [5.74, 6) is 1.63. The van der Waals surface area contributed by atoms with Crippen LogP contribution in [0.1, 0.15) is 42.9 Å². The van der Waals surface area contributed by atoms with Crippen LogP contribution in [0, 0.1) is 6.92 Å². The molecule has 3 nitrogen and oxygen atoms in total. The van der Waals surface area contributed by atoms with Crippen LogP contribution in [0.5, 0.6) is 0 Å². The van der Waals surface area contributed by atoms with Gasteiger partial charge in [-0.25, -0.2) is 9.97 Å². The highest BCUT2D eigenvalue weighted by Gasteiger charge is 2.18. The summed E-state index contributed by atoms with van der Waals surface area (Å²) in [5, 5.41) is 3.37. The lowest BCUT2D eigenvalue weighted by Crippen LogP contribution is -2.27. The molecule has 0 bridgehead atoms. The Morgan fingerprint density at radius 2 is 1.88 bits per heavy atom. The van der Waals surface area contributed by atoms with E-state index in [-0.39, 0.29) is 24.8 Å². The minimum atomic E-state index is 0. The van der Waals surface area contributed by atoms with Gasteiger partial charge in [-0.2, -0.15) is 0 Å². The Morgan fingerprint density at radius 1 is 1.24 bits per heavy atom. The first-order chi connectivity index (χ1) is 7.29. The third-order valence-corrected chi connectivity index (χ3v) is 2.99. The molecule has 1 aliphatic heterocycles. The predicted octanol–water partition coefficient (Wildman–Crippen LogP) is 2.66. The number of nitrogens with zero attached hydrogens (tertiary/aromatic N) is 2. The van der Waals surface area contributed by atoms with Gasteiger partial charge in [-0.1, -0.05) is 6.92 Å².